The van der Waals surface area contributed by atoms with Crippen molar-refractivity contribution in [3.8, 4) is 0 Å². The van der Waals surface area contributed by atoms with E-state index < -0.39 is 29.2 Å². The summed E-state index contributed by atoms with van der Waals surface area (Å²) in [4.78, 5) is 39.5. The van der Waals surface area contributed by atoms with Crippen LogP contribution in [0.3, 0.4) is 0 Å². The molecule has 0 aliphatic carbocycles. The van der Waals surface area contributed by atoms with Crippen LogP contribution in [-0.4, -0.2) is 29.3 Å². The fraction of sp³-hybridized carbons (Fsp3) is 0.375. The normalized spacial score (nSPS) is 19.5. The van der Waals surface area contributed by atoms with Gasteiger partial charge < -0.3 is 10.6 Å². The van der Waals surface area contributed by atoms with Gasteiger partial charge in [-0.15, -0.1) is 0 Å². The van der Waals surface area contributed by atoms with E-state index in [1.807, 2.05) is 30.3 Å². The minimum atomic E-state index is -1.30. The summed E-state index contributed by atoms with van der Waals surface area (Å²) in [7, 11) is 0. The molecule has 2 N–H and O–H groups in total. The second-order valence-corrected chi connectivity index (χ2v) is 8.25. The van der Waals surface area contributed by atoms with Gasteiger partial charge in [0.1, 0.15) is 17.9 Å². The van der Waals surface area contributed by atoms with Gasteiger partial charge in [0.05, 0.1) is 6.04 Å². The second kappa shape index (κ2) is 9.29. The van der Waals surface area contributed by atoms with Crippen LogP contribution in [0, 0.1) is 11.7 Å². The molecule has 4 amide bonds. The zero-order chi connectivity index (χ0) is 22.6. The summed E-state index contributed by atoms with van der Waals surface area (Å²) in [6.45, 7) is 5.52. The molecular weight excluding hydrogens is 397 g/mol. The number of urea groups is 1. The molecule has 0 aromatic heterocycles. The molecule has 1 fully saturated rings. The van der Waals surface area contributed by atoms with Gasteiger partial charge in [0.2, 0.25) is 5.91 Å². The third-order valence-corrected chi connectivity index (χ3v) is 5.59. The quantitative estimate of drug-likeness (QED) is 0.630. The molecule has 1 aliphatic rings. The van der Waals surface area contributed by atoms with Gasteiger partial charge in [0, 0.05) is 0 Å². The van der Waals surface area contributed by atoms with Gasteiger partial charge in [0.15, 0.2) is 0 Å². The van der Waals surface area contributed by atoms with Crippen molar-refractivity contribution in [3.05, 3.63) is 71.5 Å². The predicted molar refractivity (Wildman–Crippen MR) is 115 cm³/mol. The van der Waals surface area contributed by atoms with E-state index in [0.29, 0.717) is 11.5 Å². The molecule has 0 radical (unpaired) electrons. The number of carbonyl (C=O) groups is 3. The van der Waals surface area contributed by atoms with E-state index in [-0.39, 0.29) is 19.0 Å². The molecule has 31 heavy (non-hydrogen) atoms. The van der Waals surface area contributed by atoms with Crippen molar-refractivity contribution in [3.63, 3.8) is 0 Å². The number of halogens is 1. The molecule has 7 heteroatoms. The number of amides is 4. The van der Waals surface area contributed by atoms with Crippen molar-refractivity contribution in [2.45, 2.75) is 45.2 Å². The maximum atomic E-state index is 13.3. The molecule has 0 saturated carbocycles. The average Bonchev–Trinajstić information content (AvgIpc) is 2.99. The molecule has 0 spiro atoms. The van der Waals surface area contributed by atoms with Crippen molar-refractivity contribution in [2.75, 3.05) is 6.54 Å². The molecule has 1 heterocycles. The summed E-state index contributed by atoms with van der Waals surface area (Å²) in [6, 6.07) is 14.2. The van der Waals surface area contributed by atoms with Crippen LogP contribution >= 0.6 is 0 Å². The first kappa shape index (κ1) is 22.5. The van der Waals surface area contributed by atoms with Crippen molar-refractivity contribution in [1.29, 1.82) is 0 Å². The maximum Gasteiger partial charge on any atom is 0.325 e. The number of hydrogen-bond donors (Lipinski definition) is 2. The van der Waals surface area contributed by atoms with Gasteiger partial charge in [-0.1, -0.05) is 63.2 Å². The molecule has 3 rings (SSSR count). The fourth-order valence-corrected chi connectivity index (χ4v) is 3.96. The molecule has 6 nitrogen and oxygen atoms in total. The first-order valence-corrected chi connectivity index (χ1v) is 10.5. The van der Waals surface area contributed by atoms with Gasteiger partial charge in [-0.25, -0.2) is 9.18 Å². The number of nitrogens with zero attached hydrogens (tertiary/aromatic N) is 1. The standard InChI is InChI=1S/C24H28FN3O3/c1-4-24(18-10-12-19(25)13-11-18)22(30)28(23(31)27-24)15-21(29)26-20(14-16(2)3)17-8-6-5-7-9-17/h5-13,16,20H,4,14-15H2,1-3H3,(H,26,29)(H,27,31)/t20-,24-/m1/s1. The summed E-state index contributed by atoms with van der Waals surface area (Å²) in [5.74, 6) is -1.01. The van der Waals surface area contributed by atoms with Gasteiger partial charge >= 0.3 is 6.03 Å². The predicted octanol–water partition coefficient (Wildman–Crippen LogP) is 3.89. The lowest BCUT2D eigenvalue weighted by Gasteiger charge is -2.26. The molecule has 0 bridgehead atoms. The van der Waals surface area contributed by atoms with Gasteiger partial charge in [-0.05, 0) is 42.0 Å². The highest BCUT2D eigenvalue weighted by Gasteiger charge is 2.51. The van der Waals surface area contributed by atoms with E-state index in [9.17, 15) is 18.8 Å². The van der Waals surface area contributed by atoms with Crippen molar-refractivity contribution in [1.82, 2.24) is 15.5 Å². The van der Waals surface area contributed by atoms with E-state index in [0.717, 1.165) is 16.9 Å². The Morgan fingerprint density at radius 2 is 1.74 bits per heavy atom. The van der Waals surface area contributed by atoms with E-state index in [1.165, 1.54) is 24.3 Å². The number of rotatable bonds is 8. The minimum absolute atomic E-state index is 0.220. The van der Waals surface area contributed by atoms with Crippen LogP contribution in [0.25, 0.3) is 0 Å². The lowest BCUT2D eigenvalue weighted by atomic mass is 9.87. The van der Waals surface area contributed by atoms with Gasteiger partial charge in [-0.2, -0.15) is 0 Å². The summed E-state index contributed by atoms with van der Waals surface area (Å²) in [5, 5.41) is 5.67. The SMILES string of the molecule is CC[C@]1(c2ccc(F)cc2)NC(=O)N(CC(=O)N[C@H](CC(C)C)c2ccccc2)C1=O. The molecule has 2 atom stereocenters. The van der Waals surface area contributed by atoms with Crippen LogP contribution in [-0.2, 0) is 15.1 Å². The Morgan fingerprint density at radius 3 is 2.32 bits per heavy atom. The Bertz CT molecular complexity index is 946. The topological polar surface area (TPSA) is 78.5 Å². The molecule has 164 valence electrons. The molecular formula is C24H28FN3O3. The molecule has 2 aromatic carbocycles. The van der Waals surface area contributed by atoms with Crippen molar-refractivity contribution >= 4 is 17.8 Å². The van der Waals surface area contributed by atoms with Crippen molar-refractivity contribution in [2.24, 2.45) is 5.92 Å². The Balaban J connectivity index is 1.76. The molecule has 1 aliphatic heterocycles. The van der Waals surface area contributed by atoms with E-state index in [2.05, 4.69) is 24.5 Å². The smallest absolute Gasteiger partial charge is 0.325 e. The first-order valence-electron chi connectivity index (χ1n) is 10.5. The number of nitrogens with one attached hydrogen (secondary N) is 2. The monoisotopic (exact) mass is 425 g/mol. The lowest BCUT2D eigenvalue weighted by molar-refractivity contribution is -0.135. The second-order valence-electron chi connectivity index (χ2n) is 8.25. The zero-order valence-electron chi connectivity index (χ0n) is 18.0. The summed E-state index contributed by atoms with van der Waals surface area (Å²) in [6.07, 6.45) is 1.01. The van der Waals surface area contributed by atoms with Gasteiger partial charge in [0.25, 0.3) is 5.91 Å². The zero-order valence-corrected chi connectivity index (χ0v) is 18.0. The largest absolute Gasteiger partial charge is 0.348 e. The van der Waals surface area contributed by atoms with Crippen LogP contribution in [0.4, 0.5) is 9.18 Å². The van der Waals surface area contributed by atoms with E-state index in [1.54, 1.807) is 6.92 Å². The summed E-state index contributed by atoms with van der Waals surface area (Å²) in [5.41, 5.74) is 0.151. The van der Waals surface area contributed by atoms with Crippen LogP contribution in [0.5, 0.6) is 0 Å². The number of hydrogen-bond acceptors (Lipinski definition) is 3. The lowest BCUT2D eigenvalue weighted by Crippen LogP contribution is -2.45. The Hall–Kier alpha value is -3.22. The number of benzene rings is 2. The van der Waals surface area contributed by atoms with Crippen molar-refractivity contribution < 1.29 is 18.8 Å². The maximum absolute atomic E-state index is 13.3. The van der Waals surface area contributed by atoms with Crippen LogP contribution in [0.15, 0.2) is 54.6 Å². The van der Waals surface area contributed by atoms with E-state index in [4.69, 9.17) is 0 Å². The minimum Gasteiger partial charge on any atom is -0.348 e. The highest BCUT2D eigenvalue weighted by molar-refractivity contribution is 6.09. The van der Waals surface area contributed by atoms with E-state index >= 15 is 0 Å². The first-order chi connectivity index (χ1) is 14.8. The van der Waals surface area contributed by atoms with Crippen LogP contribution in [0.2, 0.25) is 0 Å². The Labute approximate surface area is 181 Å². The Morgan fingerprint density at radius 1 is 1.10 bits per heavy atom. The summed E-state index contributed by atoms with van der Waals surface area (Å²) < 4.78 is 13.3. The van der Waals surface area contributed by atoms with Crippen LogP contribution in [0.1, 0.15) is 50.8 Å². The highest BCUT2D eigenvalue weighted by Crippen LogP contribution is 2.32. The molecule has 2 aromatic rings. The third kappa shape index (κ3) is 4.76. The molecule has 0 unspecified atom stereocenters. The molecule has 1 saturated heterocycles. The highest BCUT2D eigenvalue weighted by atomic mass is 19.1. The average molecular weight is 426 g/mol. The third-order valence-electron chi connectivity index (χ3n) is 5.59. The van der Waals surface area contributed by atoms with Crippen LogP contribution < -0.4 is 10.6 Å². The summed E-state index contributed by atoms with van der Waals surface area (Å²) >= 11 is 0. The van der Waals surface area contributed by atoms with Gasteiger partial charge in [-0.3, -0.25) is 14.5 Å². The number of imide groups is 1. The fourth-order valence-electron chi connectivity index (χ4n) is 3.96. The Kier molecular flexibility index (Phi) is 6.73. The number of carbonyl (C=O) groups excluding carboxylic acids is 3.